The Morgan fingerprint density at radius 3 is 2.93 bits per heavy atom. The Bertz CT molecular complexity index is 361. The molecule has 80 valence electrons. The molecule has 1 fully saturated rings. The average Bonchev–Trinajstić information content (AvgIpc) is 2.95. The Hall–Kier alpha value is -1.38. The third-order valence-electron chi connectivity index (χ3n) is 2.95. The van der Waals surface area contributed by atoms with Gasteiger partial charge >= 0.3 is 0 Å². The lowest BCUT2D eigenvalue weighted by molar-refractivity contribution is 0.174. The van der Waals surface area contributed by atoms with Crippen molar-refractivity contribution >= 4 is 5.69 Å². The number of rotatable bonds is 4. The highest BCUT2D eigenvalue weighted by Crippen LogP contribution is 2.35. The lowest BCUT2D eigenvalue weighted by atomic mass is 10.2. The van der Waals surface area contributed by atoms with Gasteiger partial charge in [0.15, 0.2) is 11.5 Å². The van der Waals surface area contributed by atoms with Crippen LogP contribution in [0.15, 0.2) is 18.2 Å². The van der Waals surface area contributed by atoms with Crippen LogP contribution >= 0.6 is 0 Å². The first-order valence-corrected chi connectivity index (χ1v) is 5.55. The van der Waals surface area contributed by atoms with E-state index in [9.17, 15) is 0 Å². The van der Waals surface area contributed by atoms with E-state index in [-0.39, 0.29) is 0 Å². The fourth-order valence-corrected chi connectivity index (χ4v) is 1.83. The molecule has 1 heterocycles. The molecule has 0 radical (unpaired) electrons. The molecular formula is C12H15NO2. The summed E-state index contributed by atoms with van der Waals surface area (Å²) in [4.78, 5) is 0. The molecule has 1 N–H and O–H groups in total. The van der Waals surface area contributed by atoms with Gasteiger partial charge in [-0.1, -0.05) is 12.8 Å². The SMILES string of the molecule is c1cc2c(cc1NCCC1CC1)OCO2. The molecule has 15 heavy (non-hydrogen) atoms. The molecule has 0 unspecified atom stereocenters. The van der Waals surface area contributed by atoms with E-state index < -0.39 is 0 Å². The third kappa shape index (κ3) is 2.01. The van der Waals surface area contributed by atoms with Crippen LogP contribution in [0.4, 0.5) is 5.69 Å². The second kappa shape index (κ2) is 3.65. The van der Waals surface area contributed by atoms with E-state index in [0.29, 0.717) is 6.79 Å². The van der Waals surface area contributed by atoms with Crippen molar-refractivity contribution in [2.24, 2.45) is 5.92 Å². The molecule has 3 nitrogen and oxygen atoms in total. The first-order chi connectivity index (χ1) is 7.42. The normalized spacial score (nSPS) is 17.9. The van der Waals surface area contributed by atoms with Gasteiger partial charge in [0.25, 0.3) is 0 Å². The predicted octanol–water partition coefficient (Wildman–Crippen LogP) is 2.63. The molecule has 0 aromatic heterocycles. The number of hydrogen-bond donors (Lipinski definition) is 1. The molecule has 0 spiro atoms. The van der Waals surface area contributed by atoms with E-state index in [2.05, 4.69) is 5.32 Å². The van der Waals surface area contributed by atoms with Crippen molar-refractivity contribution in [1.29, 1.82) is 0 Å². The molecule has 1 saturated carbocycles. The van der Waals surface area contributed by atoms with Crippen molar-refractivity contribution < 1.29 is 9.47 Å². The molecule has 3 rings (SSSR count). The van der Waals surface area contributed by atoms with Gasteiger partial charge in [0.1, 0.15) is 0 Å². The van der Waals surface area contributed by atoms with Crippen LogP contribution in [0.3, 0.4) is 0 Å². The summed E-state index contributed by atoms with van der Waals surface area (Å²) < 4.78 is 10.6. The Labute approximate surface area is 89.4 Å². The van der Waals surface area contributed by atoms with Gasteiger partial charge in [0, 0.05) is 18.3 Å². The molecule has 0 atom stereocenters. The second-order valence-electron chi connectivity index (χ2n) is 4.23. The van der Waals surface area contributed by atoms with E-state index in [1.54, 1.807) is 0 Å². The van der Waals surface area contributed by atoms with Crippen LogP contribution in [0.25, 0.3) is 0 Å². The van der Waals surface area contributed by atoms with Crippen molar-refractivity contribution in [1.82, 2.24) is 0 Å². The summed E-state index contributed by atoms with van der Waals surface area (Å²) in [7, 11) is 0. The monoisotopic (exact) mass is 205 g/mol. The van der Waals surface area contributed by atoms with E-state index in [0.717, 1.165) is 29.6 Å². The van der Waals surface area contributed by atoms with Crippen LogP contribution in [0.1, 0.15) is 19.3 Å². The summed E-state index contributed by atoms with van der Waals surface area (Å²) in [5.41, 5.74) is 1.12. The molecule has 1 aliphatic carbocycles. The molecule has 1 aromatic carbocycles. The number of anilines is 1. The fourth-order valence-electron chi connectivity index (χ4n) is 1.83. The van der Waals surface area contributed by atoms with Gasteiger partial charge in [0.2, 0.25) is 6.79 Å². The summed E-state index contributed by atoms with van der Waals surface area (Å²) in [5, 5.41) is 3.41. The highest BCUT2D eigenvalue weighted by atomic mass is 16.7. The predicted molar refractivity (Wildman–Crippen MR) is 58.4 cm³/mol. The standard InChI is InChI=1S/C12H15NO2/c1-2-9(1)5-6-13-10-3-4-11-12(7-10)15-8-14-11/h3-4,7,9,13H,1-2,5-6,8H2. The zero-order chi connectivity index (χ0) is 10.1. The summed E-state index contributed by atoms with van der Waals surface area (Å²) in [6.45, 7) is 1.41. The smallest absolute Gasteiger partial charge is 0.231 e. The minimum Gasteiger partial charge on any atom is -0.454 e. The molecule has 0 amide bonds. The van der Waals surface area contributed by atoms with E-state index in [1.807, 2.05) is 18.2 Å². The van der Waals surface area contributed by atoms with Crippen LogP contribution in [0.5, 0.6) is 11.5 Å². The zero-order valence-electron chi connectivity index (χ0n) is 8.66. The third-order valence-corrected chi connectivity index (χ3v) is 2.95. The number of ether oxygens (including phenoxy) is 2. The van der Waals surface area contributed by atoms with Gasteiger partial charge in [-0.05, 0) is 24.5 Å². The van der Waals surface area contributed by atoms with Gasteiger partial charge in [0.05, 0.1) is 0 Å². The van der Waals surface area contributed by atoms with E-state index in [4.69, 9.17) is 9.47 Å². The van der Waals surface area contributed by atoms with Crippen LogP contribution in [-0.2, 0) is 0 Å². The van der Waals surface area contributed by atoms with Gasteiger partial charge in [-0.15, -0.1) is 0 Å². The van der Waals surface area contributed by atoms with Gasteiger partial charge in [-0.2, -0.15) is 0 Å². The van der Waals surface area contributed by atoms with Crippen LogP contribution < -0.4 is 14.8 Å². The summed E-state index contributed by atoms with van der Waals surface area (Å²) in [5.74, 6) is 2.68. The first kappa shape index (κ1) is 8.89. The van der Waals surface area contributed by atoms with Crippen LogP contribution in [0, 0.1) is 5.92 Å². The van der Waals surface area contributed by atoms with Gasteiger partial charge in [-0.3, -0.25) is 0 Å². The Morgan fingerprint density at radius 2 is 2.07 bits per heavy atom. The molecular weight excluding hydrogens is 190 g/mol. The van der Waals surface area contributed by atoms with E-state index >= 15 is 0 Å². The van der Waals surface area contributed by atoms with Crippen LogP contribution in [-0.4, -0.2) is 13.3 Å². The topological polar surface area (TPSA) is 30.5 Å². The van der Waals surface area contributed by atoms with Crippen molar-refractivity contribution in [3.05, 3.63) is 18.2 Å². The summed E-state index contributed by atoms with van der Waals surface area (Å²) in [6.07, 6.45) is 4.13. The molecule has 2 aliphatic rings. The summed E-state index contributed by atoms with van der Waals surface area (Å²) in [6, 6.07) is 6.01. The van der Waals surface area contributed by atoms with Crippen molar-refractivity contribution in [2.45, 2.75) is 19.3 Å². The highest BCUT2D eigenvalue weighted by Gasteiger charge is 2.20. The minimum atomic E-state index is 0.348. The highest BCUT2D eigenvalue weighted by molar-refractivity contribution is 5.55. The fraction of sp³-hybridized carbons (Fsp3) is 0.500. The average molecular weight is 205 g/mol. The maximum Gasteiger partial charge on any atom is 0.231 e. The zero-order valence-corrected chi connectivity index (χ0v) is 8.66. The molecule has 0 saturated heterocycles. The molecule has 1 aromatic rings. The van der Waals surface area contributed by atoms with Crippen LogP contribution in [0.2, 0.25) is 0 Å². The number of nitrogens with one attached hydrogen (secondary N) is 1. The van der Waals surface area contributed by atoms with Gasteiger partial charge < -0.3 is 14.8 Å². The van der Waals surface area contributed by atoms with Crippen molar-refractivity contribution in [3.8, 4) is 11.5 Å². The molecule has 1 aliphatic heterocycles. The van der Waals surface area contributed by atoms with Gasteiger partial charge in [-0.25, -0.2) is 0 Å². The maximum absolute atomic E-state index is 5.32. The first-order valence-electron chi connectivity index (χ1n) is 5.55. The lowest BCUT2D eigenvalue weighted by Gasteiger charge is -2.06. The number of hydrogen-bond acceptors (Lipinski definition) is 3. The molecule has 0 bridgehead atoms. The second-order valence-corrected chi connectivity index (χ2v) is 4.23. The molecule has 3 heteroatoms. The van der Waals surface area contributed by atoms with E-state index in [1.165, 1.54) is 19.3 Å². The van der Waals surface area contributed by atoms with Crippen molar-refractivity contribution in [2.75, 3.05) is 18.7 Å². The largest absolute Gasteiger partial charge is 0.454 e. The lowest BCUT2D eigenvalue weighted by Crippen LogP contribution is -2.01. The minimum absolute atomic E-state index is 0.348. The number of benzene rings is 1. The number of fused-ring (bicyclic) bond motifs is 1. The van der Waals surface area contributed by atoms with Crippen molar-refractivity contribution in [3.63, 3.8) is 0 Å². The maximum atomic E-state index is 5.32. The Kier molecular flexibility index (Phi) is 2.16. The Balaban J connectivity index is 1.59. The quantitative estimate of drug-likeness (QED) is 0.819. The Morgan fingerprint density at radius 1 is 1.20 bits per heavy atom. The summed E-state index contributed by atoms with van der Waals surface area (Å²) >= 11 is 0.